The standard InChI is InChI=1S/C8H13NO2/c1-2-11-8(10)6-4-9-7-3-5(6)7/h5-7,9H,2-4H2,1H3. The first-order chi connectivity index (χ1) is 5.33. The monoisotopic (exact) mass is 155 g/mol. The van der Waals surface area contributed by atoms with Gasteiger partial charge in [-0.05, 0) is 19.3 Å². The summed E-state index contributed by atoms with van der Waals surface area (Å²) in [6, 6.07) is 0.629. The number of piperidine rings is 1. The molecule has 0 aromatic carbocycles. The summed E-state index contributed by atoms with van der Waals surface area (Å²) >= 11 is 0. The van der Waals surface area contributed by atoms with E-state index in [9.17, 15) is 4.79 Å². The minimum absolute atomic E-state index is 0.00926. The Morgan fingerprint density at radius 1 is 1.73 bits per heavy atom. The fourth-order valence-corrected chi connectivity index (χ4v) is 1.83. The van der Waals surface area contributed by atoms with E-state index in [1.165, 1.54) is 6.42 Å². The second-order valence-electron chi connectivity index (χ2n) is 3.27. The Labute approximate surface area is 66.1 Å². The van der Waals surface area contributed by atoms with Gasteiger partial charge in [0.2, 0.25) is 0 Å². The highest BCUT2D eigenvalue weighted by molar-refractivity contribution is 5.74. The van der Waals surface area contributed by atoms with Gasteiger partial charge in [-0.1, -0.05) is 0 Å². The molecular formula is C8H13NO2. The van der Waals surface area contributed by atoms with Crippen molar-refractivity contribution in [3.63, 3.8) is 0 Å². The summed E-state index contributed by atoms with van der Waals surface area (Å²) in [7, 11) is 0. The third-order valence-corrected chi connectivity index (χ3v) is 2.55. The number of nitrogens with one attached hydrogen (secondary N) is 1. The van der Waals surface area contributed by atoms with Crippen molar-refractivity contribution in [2.24, 2.45) is 11.8 Å². The number of esters is 1. The number of rotatable bonds is 2. The van der Waals surface area contributed by atoms with Crippen LogP contribution in [-0.4, -0.2) is 25.2 Å². The maximum atomic E-state index is 11.2. The Balaban J connectivity index is 1.89. The van der Waals surface area contributed by atoms with Crippen molar-refractivity contribution in [3.05, 3.63) is 0 Å². The topological polar surface area (TPSA) is 38.3 Å². The molecule has 11 heavy (non-hydrogen) atoms. The van der Waals surface area contributed by atoms with Crippen LogP contribution < -0.4 is 5.32 Å². The van der Waals surface area contributed by atoms with Crippen LogP contribution in [0, 0.1) is 11.8 Å². The van der Waals surface area contributed by atoms with Crippen LogP contribution in [0.1, 0.15) is 13.3 Å². The second kappa shape index (κ2) is 2.48. The average Bonchev–Trinajstić information content (AvgIpc) is 2.63. The normalized spacial score (nSPS) is 39.9. The van der Waals surface area contributed by atoms with Gasteiger partial charge in [-0.3, -0.25) is 4.79 Å². The second-order valence-corrected chi connectivity index (χ2v) is 3.27. The number of hydrogen-bond donors (Lipinski definition) is 1. The van der Waals surface area contributed by atoms with Gasteiger partial charge in [0.15, 0.2) is 0 Å². The summed E-state index contributed by atoms with van der Waals surface area (Å²) in [6.45, 7) is 3.19. The lowest BCUT2D eigenvalue weighted by molar-refractivity contribution is -0.148. The van der Waals surface area contributed by atoms with E-state index in [0.717, 1.165) is 6.54 Å². The average molecular weight is 155 g/mol. The molecule has 0 radical (unpaired) electrons. The minimum Gasteiger partial charge on any atom is -0.466 e. The molecule has 1 aliphatic carbocycles. The number of carbonyl (C=O) groups is 1. The highest BCUT2D eigenvalue weighted by Gasteiger charge is 2.51. The summed E-state index contributed by atoms with van der Waals surface area (Å²) in [5.74, 6) is 0.735. The van der Waals surface area contributed by atoms with E-state index >= 15 is 0 Å². The van der Waals surface area contributed by atoms with Crippen LogP contribution in [-0.2, 0) is 9.53 Å². The summed E-state index contributed by atoms with van der Waals surface area (Å²) in [5.41, 5.74) is 0. The van der Waals surface area contributed by atoms with Crippen LogP contribution in [0.5, 0.6) is 0 Å². The van der Waals surface area contributed by atoms with Gasteiger partial charge in [-0.15, -0.1) is 0 Å². The Kier molecular flexibility index (Phi) is 1.60. The van der Waals surface area contributed by atoms with Crippen molar-refractivity contribution in [3.8, 4) is 0 Å². The van der Waals surface area contributed by atoms with Gasteiger partial charge in [0.1, 0.15) is 0 Å². The van der Waals surface area contributed by atoms with Crippen LogP contribution in [0.4, 0.5) is 0 Å². The fraction of sp³-hybridized carbons (Fsp3) is 0.875. The number of hydrogen-bond acceptors (Lipinski definition) is 3. The lowest BCUT2D eigenvalue weighted by Gasteiger charge is -2.08. The van der Waals surface area contributed by atoms with E-state index in [1.54, 1.807) is 0 Å². The molecule has 0 amide bonds. The molecule has 3 heteroatoms. The van der Waals surface area contributed by atoms with Crippen LogP contribution >= 0.6 is 0 Å². The van der Waals surface area contributed by atoms with Crippen molar-refractivity contribution in [1.29, 1.82) is 0 Å². The Hall–Kier alpha value is -0.570. The first kappa shape index (κ1) is 7.10. The largest absolute Gasteiger partial charge is 0.466 e. The van der Waals surface area contributed by atoms with Crippen LogP contribution in [0.25, 0.3) is 0 Å². The molecule has 2 rings (SSSR count). The zero-order valence-electron chi connectivity index (χ0n) is 6.67. The molecule has 1 heterocycles. The van der Waals surface area contributed by atoms with E-state index in [-0.39, 0.29) is 11.9 Å². The summed E-state index contributed by atoms with van der Waals surface area (Å²) in [5, 5.41) is 3.28. The van der Waals surface area contributed by atoms with E-state index in [4.69, 9.17) is 4.74 Å². The van der Waals surface area contributed by atoms with Crippen LogP contribution in [0.15, 0.2) is 0 Å². The lowest BCUT2D eigenvalue weighted by Crippen LogP contribution is -2.24. The Bertz CT molecular complexity index is 181. The Morgan fingerprint density at radius 3 is 3.00 bits per heavy atom. The highest BCUT2D eigenvalue weighted by Crippen LogP contribution is 2.42. The predicted molar refractivity (Wildman–Crippen MR) is 40.0 cm³/mol. The SMILES string of the molecule is CCOC(=O)C1CNC2CC21. The summed E-state index contributed by atoms with van der Waals surface area (Å²) in [6.07, 6.45) is 1.17. The molecule has 1 aliphatic heterocycles. The maximum absolute atomic E-state index is 11.2. The van der Waals surface area contributed by atoms with Crippen LogP contribution in [0.2, 0.25) is 0 Å². The molecule has 0 spiro atoms. The minimum atomic E-state index is -0.00926. The number of fused-ring (bicyclic) bond motifs is 1. The first-order valence-corrected chi connectivity index (χ1v) is 4.23. The first-order valence-electron chi connectivity index (χ1n) is 4.23. The molecule has 2 fully saturated rings. The Morgan fingerprint density at radius 2 is 2.55 bits per heavy atom. The highest BCUT2D eigenvalue weighted by atomic mass is 16.5. The molecule has 0 aromatic rings. The smallest absolute Gasteiger partial charge is 0.310 e. The van der Waals surface area contributed by atoms with E-state index in [2.05, 4.69) is 5.32 Å². The van der Waals surface area contributed by atoms with Gasteiger partial charge in [0.05, 0.1) is 12.5 Å². The van der Waals surface area contributed by atoms with E-state index in [1.807, 2.05) is 6.92 Å². The molecule has 1 N–H and O–H groups in total. The van der Waals surface area contributed by atoms with Gasteiger partial charge in [0.25, 0.3) is 0 Å². The van der Waals surface area contributed by atoms with E-state index in [0.29, 0.717) is 18.6 Å². The van der Waals surface area contributed by atoms with Crippen LogP contribution in [0.3, 0.4) is 0 Å². The van der Waals surface area contributed by atoms with Gasteiger partial charge in [0, 0.05) is 12.6 Å². The van der Waals surface area contributed by atoms with Gasteiger partial charge in [-0.25, -0.2) is 0 Å². The van der Waals surface area contributed by atoms with Crippen molar-refractivity contribution in [2.75, 3.05) is 13.2 Å². The van der Waals surface area contributed by atoms with Gasteiger partial charge < -0.3 is 10.1 Å². The fourth-order valence-electron chi connectivity index (χ4n) is 1.83. The number of ether oxygens (including phenoxy) is 1. The molecule has 3 unspecified atom stereocenters. The zero-order chi connectivity index (χ0) is 7.84. The molecule has 62 valence electrons. The molecule has 1 saturated carbocycles. The third kappa shape index (κ3) is 1.13. The van der Waals surface area contributed by atoms with Crippen molar-refractivity contribution < 1.29 is 9.53 Å². The van der Waals surface area contributed by atoms with Crippen molar-refractivity contribution in [1.82, 2.24) is 5.32 Å². The summed E-state index contributed by atoms with van der Waals surface area (Å²) < 4.78 is 4.94. The van der Waals surface area contributed by atoms with E-state index < -0.39 is 0 Å². The molecular weight excluding hydrogens is 142 g/mol. The van der Waals surface area contributed by atoms with Gasteiger partial charge in [-0.2, -0.15) is 0 Å². The zero-order valence-corrected chi connectivity index (χ0v) is 6.67. The molecule has 3 nitrogen and oxygen atoms in total. The molecule has 0 aromatic heterocycles. The maximum Gasteiger partial charge on any atom is 0.310 e. The summed E-state index contributed by atoms with van der Waals surface area (Å²) in [4.78, 5) is 11.2. The third-order valence-electron chi connectivity index (χ3n) is 2.55. The lowest BCUT2D eigenvalue weighted by atomic mass is 10.1. The predicted octanol–water partition coefficient (Wildman–Crippen LogP) is 0.157. The molecule has 1 saturated heterocycles. The number of carbonyl (C=O) groups excluding carboxylic acids is 1. The molecule has 2 aliphatic rings. The van der Waals surface area contributed by atoms with Crippen molar-refractivity contribution >= 4 is 5.97 Å². The van der Waals surface area contributed by atoms with Crippen molar-refractivity contribution in [2.45, 2.75) is 19.4 Å². The quantitative estimate of drug-likeness (QED) is 0.577. The van der Waals surface area contributed by atoms with Gasteiger partial charge >= 0.3 is 5.97 Å². The molecule has 3 atom stereocenters. The molecule has 0 bridgehead atoms.